The summed E-state index contributed by atoms with van der Waals surface area (Å²) in [4.78, 5) is 0. The predicted molar refractivity (Wildman–Crippen MR) is 79.5 cm³/mol. The van der Waals surface area contributed by atoms with Gasteiger partial charge in [-0.25, -0.2) is 0 Å². The highest BCUT2D eigenvalue weighted by atomic mass is 15.3. The van der Waals surface area contributed by atoms with E-state index in [9.17, 15) is 0 Å². The van der Waals surface area contributed by atoms with E-state index in [0.29, 0.717) is 12.0 Å². The van der Waals surface area contributed by atoms with Gasteiger partial charge in [0.25, 0.3) is 0 Å². The summed E-state index contributed by atoms with van der Waals surface area (Å²) in [6.45, 7) is 4.29. The van der Waals surface area contributed by atoms with Gasteiger partial charge in [-0.2, -0.15) is 0 Å². The Morgan fingerprint density at radius 1 is 1.25 bits per heavy atom. The highest BCUT2D eigenvalue weighted by Gasteiger charge is 2.31. The van der Waals surface area contributed by atoms with E-state index in [2.05, 4.69) is 53.6 Å². The van der Waals surface area contributed by atoms with Crippen LogP contribution in [0.15, 0.2) is 30.6 Å². The Morgan fingerprint density at radius 3 is 2.55 bits per heavy atom. The Morgan fingerprint density at radius 2 is 1.95 bits per heavy atom. The predicted octanol–water partition coefficient (Wildman–Crippen LogP) is 2.72. The molecule has 1 aliphatic rings. The fourth-order valence-electron chi connectivity index (χ4n) is 2.98. The first kappa shape index (κ1) is 13.3. The Bertz CT molecular complexity index is 566. The van der Waals surface area contributed by atoms with Crippen molar-refractivity contribution >= 4 is 0 Å². The molecule has 1 fully saturated rings. The SMILES string of the molecule is Cc1ccc(C2CC(NC(C)c3nncn3C)C2)cc1. The molecular weight excluding hydrogens is 248 g/mol. The largest absolute Gasteiger partial charge is 0.319 e. The molecule has 0 radical (unpaired) electrons. The summed E-state index contributed by atoms with van der Waals surface area (Å²) in [5, 5.41) is 11.7. The van der Waals surface area contributed by atoms with Gasteiger partial charge < -0.3 is 9.88 Å². The Balaban J connectivity index is 1.53. The lowest BCUT2D eigenvalue weighted by molar-refractivity contribution is 0.266. The van der Waals surface area contributed by atoms with Crippen LogP contribution in [0.25, 0.3) is 0 Å². The smallest absolute Gasteiger partial charge is 0.149 e. The molecule has 1 heterocycles. The molecule has 2 aromatic rings. The van der Waals surface area contributed by atoms with Crippen LogP contribution in [-0.4, -0.2) is 20.8 Å². The van der Waals surface area contributed by atoms with Gasteiger partial charge in [0.2, 0.25) is 0 Å². The zero-order chi connectivity index (χ0) is 14.1. The van der Waals surface area contributed by atoms with Gasteiger partial charge >= 0.3 is 0 Å². The van der Waals surface area contributed by atoms with Crippen molar-refractivity contribution in [1.82, 2.24) is 20.1 Å². The Kier molecular flexibility index (Phi) is 3.57. The summed E-state index contributed by atoms with van der Waals surface area (Å²) in [6, 6.07) is 9.79. The number of hydrogen-bond donors (Lipinski definition) is 1. The van der Waals surface area contributed by atoms with Gasteiger partial charge in [0, 0.05) is 13.1 Å². The van der Waals surface area contributed by atoms with Gasteiger partial charge in [-0.15, -0.1) is 10.2 Å². The first-order valence-electron chi connectivity index (χ1n) is 7.30. The van der Waals surface area contributed by atoms with Gasteiger partial charge in [0.15, 0.2) is 0 Å². The summed E-state index contributed by atoms with van der Waals surface area (Å²) >= 11 is 0. The molecule has 1 aromatic carbocycles. The van der Waals surface area contributed by atoms with Gasteiger partial charge in [0.1, 0.15) is 12.2 Å². The van der Waals surface area contributed by atoms with E-state index in [1.165, 1.54) is 24.0 Å². The molecule has 4 nitrogen and oxygen atoms in total. The fraction of sp³-hybridized carbons (Fsp3) is 0.500. The number of nitrogens with one attached hydrogen (secondary N) is 1. The fourth-order valence-corrected chi connectivity index (χ4v) is 2.98. The number of rotatable bonds is 4. The second-order valence-corrected chi connectivity index (χ2v) is 5.96. The Hall–Kier alpha value is -1.68. The van der Waals surface area contributed by atoms with Crippen LogP contribution in [-0.2, 0) is 7.05 Å². The van der Waals surface area contributed by atoms with E-state index in [0.717, 1.165) is 5.82 Å². The van der Waals surface area contributed by atoms with Crippen LogP contribution in [0.4, 0.5) is 0 Å². The van der Waals surface area contributed by atoms with Crippen LogP contribution in [0.3, 0.4) is 0 Å². The standard InChI is InChI=1S/C16H22N4/c1-11-4-6-13(7-5-11)14-8-15(9-14)18-12(2)16-19-17-10-20(16)3/h4-7,10,12,14-15,18H,8-9H2,1-3H3. The van der Waals surface area contributed by atoms with Crippen LogP contribution in [0.1, 0.15) is 48.7 Å². The van der Waals surface area contributed by atoms with E-state index in [4.69, 9.17) is 0 Å². The minimum atomic E-state index is 0.256. The average Bonchev–Trinajstić information content (AvgIpc) is 2.81. The summed E-state index contributed by atoms with van der Waals surface area (Å²) in [5.74, 6) is 1.71. The van der Waals surface area contributed by atoms with E-state index in [1.807, 2.05) is 11.6 Å². The monoisotopic (exact) mass is 270 g/mol. The lowest BCUT2D eigenvalue weighted by atomic mass is 9.75. The summed E-state index contributed by atoms with van der Waals surface area (Å²) < 4.78 is 1.98. The van der Waals surface area contributed by atoms with E-state index in [1.54, 1.807) is 6.33 Å². The van der Waals surface area contributed by atoms with Crippen molar-refractivity contribution in [3.63, 3.8) is 0 Å². The molecular formula is C16H22N4. The number of nitrogens with zero attached hydrogens (tertiary/aromatic N) is 3. The molecule has 0 bridgehead atoms. The number of benzene rings is 1. The third kappa shape index (κ3) is 2.61. The van der Waals surface area contributed by atoms with Crippen molar-refractivity contribution in [2.45, 2.75) is 44.7 Å². The van der Waals surface area contributed by atoms with Crippen molar-refractivity contribution in [3.05, 3.63) is 47.5 Å². The summed E-state index contributed by atoms with van der Waals surface area (Å²) in [7, 11) is 1.99. The maximum Gasteiger partial charge on any atom is 0.149 e. The third-order valence-electron chi connectivity index (χ3n) is 4.31. The zero-order valence-electron chi connectivity index (χ0n) is 12.4. The highest BCUT2D eigenvalue weighted by Crippen LogP contribution is 2.37. The van der Waals surface area contributed by atoms with E-state index >= 15 is 0 Å². The molecule has 4 heteroatoms. The highest BCUT2D eigenvalue weighted by molar-refractivity contribution is 5.26. The number of aromatic nitrogens is 3. The number of aryl methyl sites for hydroxylation is 2. The van der Waals surface area contributed by atoms with Crippen molar-refractivity contribution in [3.8, 4) is 0 Å². The van der Waals surface area contributed by atoms with Crippen LogP contribution in [0.2, 0.25) is 0 Å². The second kappa shape index (κ2) is 5.37. The lowest BCUT2D eigenvalue weighted by Crippen LogP contribution is -2.41. The summed E-state index contributed by atoms with van der Waals surface area (Å²) in [6.07, 6.45) is 4.18. The van der Waals surface area contributed by atoms with E-state index < -0.39 is 0 Å². The van der Waals surface area contributed by atoms with E-state index in [-0.39, 0.29) is 6.04 Å². The minimum absolute atomic E-state index is 0.256. The molecule has 0 saturated heterocycles. The van der Waals surface area contributed by atoms with Gasteiger partial charge in [-0.3, -0.25) is 0 Å². The van der Waals surface area contributed by atoms with Crippen molar-refractivity contribution in [2.75, 3.05) is 0 Å². The molecule has 1 aromatic heterocycles. The molecule has 1 N–H and O–H groups in total. The lowest BCUT2D eigenvalue weighted by Gasteiger charge is -2.38. The average molecular weight is 270 g/mol. The molecule has 20 heavy (non-hydrogen) atoms. The molecule has 0 amide bonds. The maximum atomic E-state index is 4.16. The first-order valence-corrected chi connectivity index (χ1v) is 7.30. The van der Waals surface area contributed by atoms with Crippen LogP contribution in [0, 0.1) is 6.92 Å². The molecule has 106 valence electrons. The number of hydrogen-bond acceptors (Lipinski definition) is 3. The quantitative estimate of drug-likeness (QED) is 0.929. The maximum absolute atomic E-state index is 4.16. The van der Waals surface area contributed by atoms with Crippen LogP contribution < -0.4 is 5.32 Å². The molecule has 3 rings (SSSR count). The van der Waals surface area contributed by atoms with Gasteiger partial charge in [0.05, 0.1) is 6.04 Å². The molecule has 1 saturated carbocycles. The zero-order valence-corrected chi connectivity index (χ0v) is 12.4. The van der Waals surface area contributed by atoms with Crippen molar-refractivity contribution < 1.29 is 0 Å². The molecule has 0 spiro atoms. The van der Waals surface area contributed by atoms with Crippen molar-refractivity contribution in [1.29, 1.82) is 0 Å². The van der Waals surface area contributed by atoms with Crippen molar-refractivity contribution in [2.24, 2.45) is 7.05 Å². The van der Waals surface area contributed by atoms with Crippen LogP contribution in [0.5, 0.6) is 0 Å². The molecule has 1 aliphatic carbocycles. The second-order valence-electron chi connectivity index (χ2n) is 5.96. The topological polar surface area (TPSA) is 42.7 Å². The third-order valence-corrected chi connectivity index (χ3v) is 4.31. The normalized spacial score (nSPS) is 23.4. The summed E-state index contributed by atoms with van der Waals surface area (Å²) in [5.41, 5.74) is 2.80. The van der Waals surface area contributed by atoms with Gasteiger partial charge in [-0.05, 0) is 38.2 Å². The van der Waals surface area contributed by atoms with Crippen LogP contribution >= 0.6 is 0 Å². The first-order chi connectivity index (χ1) is 9.63. The van der Waals surface area contributed by atoms with Gasteiger partial charge in [-0.1, -0.05) is 29.8 Å². The Labute approximate surface area is 120 Å². The molecule has 0 aliphatic heterocycles. The minimum Gasteiger partial charge on any atom is -0.319 e. The molecule has 1 unspecified atom stereocenters. The molecule has 1 atom stereocenters.